The number of aliphatic hydroxyl groups excluding tert-OH is 3. The summed E-state index contributed by atoms with van der Waals surface area (Å²) in [5.41, 5.74) is 1.25. The number of esters is 1. The second-order valence-corrected chi connectivity index (χ2v) is 20.3. The van der Waals surface area contributed by atoms with E-state index in [0.717, 1.165) is 24.8 Å². The van der Waals surface area contributed by atoms with Gasteiger partial charge >= 0.3 is 5.97 Å². The van der Waals surface area contributed by atoms with Crippen LogP contribution < -0.4 is 0 Å². The van der Waals surface area contributed by atoms with Gasteiger partial charge in [-0.3, -0.25) is 19.2 Å². The highest BCUT2D eigenvalue weighted by Gasteiger charge is 2.53. The molecular weight excluding hydrogens is 819 g/mol. The summed E-state index contributed by atoms with van der Waals surface area (Å²) in [5.74, 6) is -8.22. The molecule has 16 atom stereocenters. The highest BCUT2D eigenvalue weighted by molar-refractivity contribution is 6.39. The van der Waals surface area contributed by atoms with Gasteiger partial charge in [0.05, 0.1) is 36.9 Å². The number of piperidine rings is 1. The molecule has 0 aromatic heterocycles. The third kappa shape index (κ3) is 12.4. The smallest absolute Gasteiger partial charge is 0.329 e. The van der Waals surface area contributed by atoms with Gasteiger partial charge in [-0.15, -0.1) is 0 Å². The van der Waals surface area contributed by atoms with Crippen molar-refractivity contribution < 1.29 is 58.6 Å². The number of aliphatic hydroxyl groups is 4. The molecule has 5 rings (SSSR count). The third-order valence-corrected chi connectivity index (χ3v) is 15.4. The normalized spacial score (nSPS) is 42.5. The topological polar surface area (TPSA) is 197 Å². The van der Waals surface area contributed by atoms with Gasteiger partial charge in [0.1, 0.15) is 23.7 Å². The quantitative estimate of drug-likeness (QED) is 0.143. The second kappa shape index (κ2) is 22.9. The standard InChI is InChI=1S/C51H77NO12/c1-29-14-10-9-11-15-30(2)44(62-8)26-39-18-17-35(7)51(61,64-39)48(58)49(59)52-19-13-12-16-41(52)50(60)63-45(32(4)22-36-23-38-24-37(36)25-43(38)55)27-42(54)31(3)21-34(6)47(57)40(28-53)46(56)33(5)20-29/h9-11,14-15,21,29,31-33,35-41,43-45,47,53,55,57,61H,12-13,16-20,22-28H2,1-8H3/b11-9+,14-10+,30-15+,34-21+/t29-,31-,32-,33-,35-,36-,37+,38-,39+,40+,41+,43-,44+,45+,47-,51-/m1/s1. The maximum absolute atomic E-state index is 14.3. The molecule has 2 saturated carbocycles. The van der Waals surface area contributed by atoms with Crippen molar-refractivity contribution in [1.82, 2.24) is 4.90 Å². The Bertz CT molecular complexity index is 1780. The molecule has 358 valence electrons. The van der Waals surface area contributed by atoms with Gasteiger partial charge in [-0.1, -0.05) is 71.1 Å². The zero-order valence-electron chi connectivity index (χ0n) is 39.5. The molecule has 4 fully saturated rings. The molecule has 13 nitrogen and oxygen atoms in total. The van der Waals surface area contributed by atoms with Gasteiger partial charge in [0, 0.05) is 44.2 Å². The fraction of sp³-hybridized carbons (Fsp3) is 0.745. The lowest BCUT2D eigenvalue weighted by Gasteiger charge is -2.42. The van der Waals surface area contributed by atoms with Crippen LogP contribution in [0.2, 0.25) is 0 Å². The molecular formula is C51H77NO12. The van der Waals surface area contributed by atoms with Crippen LogP contribution in [0.4, 0.5) is 0 Å². The van der Waals surface area contributed by atoms with Crippen molar-refractivity contribution in [3.63, 3.8) is 0 Å². The van der Waals surface area contributed by atoms with Crippen LogP contribution in [0.25, 0.3) is 0 Å². The van der Waals surface area contributed by atoms with Crippen LogP contribution in [0.5, 0.6) is 0 Å². The summed E-state index contributed by atoms with van der Waals surface area (Å²) >= 11 is 0. The van der Waals surface area contributed by atoms with E-state index >= 15 is 0 Å². The molecule has 1 amide bonds. The minimum atomic E-state index is -2.42. The predicted molar refractivity (Wildman–Crippen MR) is 241 cm³/mol. The van der Waals surface area contributed by atoms with E-state index in [1.54, 1.807) is 40.9 Å². The molecule has 0 unspecified atom stereocenters. The number of amides is 1. The van der Waals surface area contributed by atoms with Gasteiger partial charge in [0.2, 0.25) is 5.79 Å². The lowest BCUT2D eigenvalue weighted by Crippen LogP contribution is -2.61. The first kappa shape index (κ1) is 51.7. The Morgan fingerprint density at radius 3 is 2.28 bits per heavy atom. The highest BCUT2D eigenvalue weighted by atomic mass is 16.6. The first-order chi connectivity index (χ1) is 30.3. The van der Waals surface area contributed by atoms with Crippen LogP contribution in [0, 0.1) is 53.3 Å². The van der Waals surface area contributed by atoms with Crippen LogP contribution in [0.15, 0.2) is 47.6 Å². The number of methoxy groups -OCH3 is 1. The molecule has 4 bridgehead atoms. The number of ketones is 3. The number of hydrogen-bond acceptors (Lipinski definition) is 12. The van der Waals surface area contributed by atoms with E-state index in [0.29, 0.717) is 62.4 Å². The SMILES string of the molecule is CO[C@H]1C[C@@H]2CC[C@@H](C)[C@@](O)(O2)C(=O)C(=O)N2CCCC[C@H]2C(=O)O[C@H]([C@H](C)C[C@@H]2C[C@@H]3C[C@H]2C[C@H]3O)CC(=O)[C@H](C)/C=C(\C)[C@@H](O)[C@@H](CO)C(=O)[C@H](C)C[C@H](C)/C=C/C=C/C=C/1C. The Labute approximate surface area is 380 Å². The van der Waals surface area contributed by atoms with Gasteiger partial charge in [0.15, 0.2) is 0 Å². The van der Waals surface area contributed by atoms with E-state index < -0.39 is 84.2 Å². The van der Waals surface area contributed by atoms with Gasteiger partial charge in [0.25, 0.3) is 11.7 Å². The average molecular weight is 896 g/mol. The van der Waals surface area contributed by atoms with Gasteiger partial charge in [-0.25, -0.2) is 4.79 Å². The molecule has 13 heteroatoms. The molecule has 3 aliphatic heterocycles. The van der Waals surface area contributed by atoms with Crippen molar-refractivity contribution in [1.29, 1.82) is 0 Å². The van der Waals surface area contributed by atoms with Crippen LogP contribution in [0.3, 0.4) is 0 Å². The number of ether oxygens (including phenoxy) is 3. The number of hydrogen-bond donors (Lipinski definition) is 4. The summed E-state index contributed by atoms with van der Waals surface area (Å²) < 4.78 is 18.2. The van der Waals surface area contributed by atoms with Gasteiger partial charge in [-0.05, 0) is 119 Å². The number of cyclic esters (lactones) is 1. The number of nitrogens with zero attached hydrogens (tertiary/aromatic N) is 1. The van der Waals surface area contributed by atoms with E-state index in [1.807, 2.05) is 51.2 Å². The largest absolute Gasteiger partial charge is 0.460 e. The third-order valence-electron chi connectivity index (χ3n) is 15.4. The summed E-state index contributed by atoms with van der Waals surface area (Å²) in [6.07, 6.45) is 13.7. The molecule has 2 aliphatic carbocycles. The maximum Gasteiger partial charge on any atom is 0.329 e. The Balaban J connectivity index is 1.46. The van der Waals surface area contributed by atoms with Crippen molar-refractivity contribution in [2.24, 2.45) is 53.3 Å². The number of rotatable bonds is 5. The van der Waals surface area contributed by atoms with Crippen molar-refractivity contribution in [3.8, 4) is 0 Å². The van der Waals surface area contributed by atoms with Crippen LogP contribution in [0.1, 0.15) is 126 Å². The lowest BCUT2D eigenvalue weighted by molar-refractivity contribution is -0.265. The predicted octanol–water partition coefficient (Wildman–Crippen LogP) is 6.01. The fourth-order valence-corrected chi connectivity index (χ4v) is 11.2. The van der Waals surface area contributed by atoms with Crippen molar-refractivity contribution in [2.75, 3.05) is 20.3 Å². The molecule has 2 saturated heterocycles. The summed E-state index contributed by atoms with van der Waals surface area (Å²) in [5, 5.41) is 44.1. The molecule has 0 aromatic rings. The molecule has 5 aliphatic rings. The molecule has 0 radical (unpaired) electrons. The van der Waals surface area contributed by atoms with Crippen LogP contribution >= 0.6 is 0 Å². The lowest BCUT2D eigenvalue weighted by atomic mass is 9.79. The molecule has 4 N–H and O–H groups in total. The molecule has 64 heavy (non-hydrogen) atoms. The van der Waals surface area contributed by atoms with Crippen molar-refractivity contribution in [3.05, 3.63) is 47.6 Å². The van der Waals surface area contributed by atoms with Crippen LogP contribution in [-0.2, 0) is 38.2 Å². The number of Topliss-reactive ketones (excluding diaryl/α,β-unsaturated/α-hetero) is 3. The number of fused-ring (bicyclic) bond motifs is 5. The van der Waals surface area contributed by atoms with E-state index in [-0.39, 0.29) is 54.8 Å². The molecule has 0 spiro atoms. The van der Waals surface area contributed by atoms with E-state index in [2.05, 4.69) is 0 Å². The summed E-state index contributed by atoms with van der Waals surface area (Å²) in [4.78, 5) is 71.7. The number of carbonyl (C=O) groups excluding carboxylic acids is 5. The Kier molecular flexibility index (Phi) is 18.5. The Hall–Kier alpha value is -3.33. The Morgan fingerprint density at radius 1 is 0.891 bits per heavy atom. The zero-order valence-corrected chi connectivity index (χ0v) is 39.5. The monoisotopic (exact) mass is 896 g/mol. The van der Waals surface area contributed by atoms with Crippen molar-refractivity contribution >= 4 is 29.2 Å². The minimum Gasteiger partial charge on any atom is -0.460 e. The summed E-state index contributed by atoms with van der Waals surface area (Å²) in [7, 11) is 1.57. The minimum absolute atomic E-state index is 0.00184. The molecule has 0 aromatic carbocycles. The highest BCUT2D eigenvalue weighted by Crippen LogP contribution is 2.51. The van der Waals surface area contributed by atoms with E-state index in [4.69, 9.17) is 14.2 Å². The Morgan fingerprint density at radius 2 is 1.62 bits per heavy atom. The van der Waals surface area contributed by atoms with E-state index in [1.165, 1.54) is 4.90 Å². The van der Waals surface area contributed by atoms with Gasteiger partial charge in [-0.2, -0.15) is 0 Å². The van der Waals surface area contributed by atoms with Gasteiger partial charge < -0.3 is 39.5 Å². The fourth-order valence-electron chi connectivity index (χ4n) is 11.2. The average Bonchev–Trinajstić information content (AvgIpc) is 3.84. The van der Waals surface area contributed by atoms with Crippen molar-refractivity contribution in [2.45, 2.75) is 168 Å². The second-order valence-electron chi connectivity index (χ2n) is 20.3. The number of allylic oxidation sites excluding steroid dienone is 6. The van der Waals surface area contributed by atoms with E-state index in [9.17, 15) is 44.4 Å². The first-order valence-corrected chi connectivity index (χ1v) is 24.0. The molecule has 3 heterocycles. The number of carbonyl (C=O) groups is 5. The summed E-state index contributed by atoms with van der Waals surface area (Å²) in [6.45, 7) is 12.2. The summed E-state index contributed by atoms with van der Waals surface area (Å²) in [6, 6.07) is -1.12. The first-order valence-electron chi connectivity index (χ1n) is 24.0. The van der Waals surface area contributed by atoms with Crippen LogP contribution in [-0.4, -0.2) is 117 Å². The zero-order chi connectivity index (χ0) is 47.0. The maximum atomic E-state index is 14.3.